The highest BCUT2D eigenvalue weighted by molar-refractivity contribution is 6.03. The Kier molecular flexibility index (Phi) is 6.89. The summed E-state index contributed by atoms with van der Waals surface area (Å²) in [5.74, 6) is -11.4. The summed E-state index contributed by atoms with van der Waals surface area (Å²) in [7, 11) is 1.07. The fourth-order valence-corrected chi connectivity index (χ4v) is 2.79. The van der Waals surface area contributed by atoms with Gasteiger partial charge in [-0.3, -0.25) is 14.7 Å². The van der Waals surface area contributed by atoms with Gasteiger partial charge < -0.3 is 9.47 Å². The number of amides is 1. The number of rotatable bonds is 7. The fourth-order valence-electron chi connectivity index (χ4n) is 2.79. The Hall–Kier alpha value is -3.91. The lowest BCUT2D eigenvalue weighted by Crippen LogP contribution is -2.34. The molecule has 35 heavy (non-hydrogen) atoms. The van der Waals surface area contributed by atoms with E-state index in [9.17, 15) is 44.3 Å². The molecule has 0 unspecified atom stereocenters. The molecular formula is C20H12F9N3O3. The second-order valence-corrected chi connectivity index (χ2v) is 6.69. The second kappa shape index (κ2) is 9.38. The predicted molar refractivity (Wildman–Crippen MR) is 101 cm³/mol. The fraction of sp³-hybridized carbons (Fsp3) is 0.200. The van der Waals surface area contributed by atoms with Crippen LogP contribution in [0.3, 0.4) is 0 Å². The average Bonchev–Trinajstić information content (AvgIpc) is 3.16. The van der Waals surface area contributed by atoms with E-state index in [0.29, 0.717) is 12.1 Å². The number of carbonyl (C=O) groups is 1. The van der Waals surface area contributed by atoms with Gasteiger partial charge in [0.1, 0.15) is 22.9 Å². The maximum absolute atomic E-state index is 14.5. The summed E-state index contributed by atoms with van der Waals surface area (Å²) in [6.07, 6.45) is -6.11. The summed E-state index contributed by atoms with van der Waals surface area (Å²) in [6.45, 7) is -3.16. The molecule has 0 saturated heterocycles. The highest BCUT2D eigenvalue weighted by Crippen LogP contribution is 2.44. The molecule has 0 aliphatic heterocycles. The van der Waals surface area contributed by atoms with E-state index in [4.69, 9.17) is 0 Å². The van der Waals surface area contributed by atoms with E-state index >= 15 is 0 Å². The molecule has 188 valence electrons. The van der Waals surface area contributed by atoms with Crippen LogP contribution in [-0.2, 0) is 5.92 Å². The number of halogens is 9. The molecular weight excluding hydrogens is 501 g/mol. The Morgan fingerprint density at radius 3 is 2.06 bits per heavy atom. The van der Waals surface area contributed by atoms with Gasteiger partial charge in [-0.05, 0) is 24.3 Å². The number of imidazole rings is 1. The van der Waals surface area contributed by atoms with Crippen LogP contribution >= 0.6 is 0 Å². The maximum atomic E-state index is 14.5. The largest absolute Gasteiger partial charge is 0.497 e. The summed E-state index contributed by atoms with van der Waals surface area (Å²) < 4.78 is 129. The number of alkyl halides is 7. The highest BCUT2D eigenvalue weighted by atomic mass is 19.4. The Balaban J connectivity index is 2.07. The van der Waals surface area contributed by atoms with Crippen LogP contribution in [0.4, 0.5) is 45.5 Å². The van der Waals surface area contributed by atoms with Crippen molar-refractivity contribution in [1.29, 1.82) is 0 Å². The van der Waals surface area contributed by atoms with E-state index in [1.807, 2.05) is 5.32 Å². The lowest BCUT2D eigenvalue weighted by molar-refractivity contribution is -0.290. The summed E-state index contributed by atoms with van der Waals surface area (Å²) in [4.78, 5) is 15.5. The minimum Gasteiger partial charge on any atom is -0.497 e. The number of benzene rings is 2. The Morgan fingerprint density at radius 2 is 1.57 bits per heavy atom. The van der Waals surface area contributed by atoms with Gasteiger partial charge in [0.25, 0.3) is 5.91 Å². The normalized spacial score (nSPS) is 12.1. The first-order valence-corrected chi connectivity index (χ1v) is 9.18. The van der Waals surface area contributed by atoms with Crippen LogP contribution in [0, 0.1) is 11.6 Å². The standard InChI is InChI=1S/C20H12F9N3O3/c1-34-11-6-12(21)15(13(22)7-11)32-8-14(19(25,26)20(27,28)29)30-18(32)31-16(33)9-2-4-10(5-3-9)35-17(23)24/h2-8,17H,1H3,(H,30,31,33). The van der Waals surface area contributed by atoms with Gasteiger partial charge in [-0.1, -0.05) is 0 Å². The summed E-state index contributed by atoms with van der Waals surface area (Å²) >= 11 is 0. The molecule has 0 radical (unpaired) electrons. The first kappa shape index (κ1) is 25.7. The predicted octanol–water partition coefficient (Wildman–Crippen LogP) is 5.67. The summed E-state index contributed by atoms with van der Waals surface area (Å²) in [6, 6.07) is 5.04. The number of nitrogens with zero attached hydrogens (tertiary/aromatic N) is 2. The Morgan fingerprint density at radius 1 is 1.00 bits per heavy atom. The van der Waals surface area contributed by atoms with Crippen molar-refractivity contribution in [3.05, 3.63) is 65.5 Å². The first-order valence-electron chi connectivity index (χ1n) is 9.18. The zero-order chi connectivity index (χ0) is 26.1. The number of nitrogens with one attached hydrogen (secondary N) is 1. The Bertz CT molecular complexity index is 1200. The molecule has 6 nitrogen and oxygen atoms in total. The molecule has 3 aromatic rings. The lowest BCUT2D eigenvalue weighted by atomic mass is 10.2. The van der Waals surface area contributed by atoms with Crippen molar-refractivity contribution in [3.63, 3.8) is 0 Å². The lowest BCUT2D eigenvalue weighted by Gasteiger charge is -2.16. The first-order chi connectivity index (χ1) is 16.2. The Labute approximate surface area is 189 Å². The van der Waals surface area contributed by atoms with Gasteiger partial charge >= 0.3 is 18.7 Å². The van der Waals surface area contributed by atoms with Gasteiger partial charge in [-0.2, -0.15) is 30.7 Å². The van der Waals surface area contributed by atoms with Crippen molar-refractivity contribution >= 4 is 11.9 Å². The van der Waals surface area contributed by atoms with Crippen LogP contribution in [0.2, 0.25) is 0 Å². The van der Waals surface area contributed by atoms with Gasteiger partial charge in [0.05, 0.1) is 7.11 Å². The molecule has 0 fully saturated rings. The molecule has 0 saturated carbocycles. The van der Waals surface area contributed by atoms with Crippen molar-refractivity contribution in [3.8, 4) is 17.2 Å². The molecule has 1 heterocycles. The molecule has 0 atom stereocenters. The number of anilines is 1. The van der Waals surface area contributed by atoms with Crippen LogP contribution < -0.4 is 14.8 Å². The zero-order valence-electron chi connectivity index (χ0n) is 17.1. The number of ether oxygens (including phenoxy) is 2. The van der Waals surface area contributed by atoms with Crippen LogP contribution in [0.5, 0.6) is 11.5 Å². The SMILES string of the molecule is COc1cc(F)c(-n2cc(C(F)(F)C(F)(F)F)nc2NC(=O)c2ccc(OC(F)F)cc2)c(F)c1. The molecule has 1 amide bonds. The summed E-state index contributed by atoms with van der Waals surface area (Å²) in [5.41, 5.74) is -3.41. The third kappa shape index (κ3) is 5.27. The number of hydrogen-bond donors (Lipinski definition) is 1. The third-order valence-corrected chi connectivity index (χ3v) is 4.42. The minimum atomic E-state index is -6.12. The molecule has 0 spiro atoms. The van der Waals surface area contributed by atoms with Crippen molar-refractivity contribution in [1.82, 2.24) is 9.55 Å². The van der Waals surface area contributed by atoms with Gasteiger partial charge in [0, 0.05) is 23.9 Å². The molecule has 15 heteroatoms. The molecule has 0 aliphatic carbocycles. The minimum absolute atomic E-state index is 0.0106. The molecule has 0 bridgehead atoms. The van der Waals surface area contributed by atoms with Gasteiger partial charge in [0.2, 0.25) is 5.95 Å². The third-order valence-electron chi connectivity index (χ3n) is 4.42. The van der Waals surface area contributed by atoms with Crippen LogP contribution in [0.15, 0.2) is 42.6 Å². The van der Waals surface area contributed by atoms with Crippen LogP contribution in [0.1, 0.15) is 16.1 Å². The molecule has 2 aromatic carbocycles. The van der Waals surface area contributed by atoms with Gasteiger partial charge in [-0.15, -0.1) is 0 Å². The molecule has 0 aliphatic rings. The van der Waals surface area contributed by atoms with Crippen molar-refractivity contribution < 1.29 is 53.8 Å². The quantitative estimate of drug-likeness (QED) is 0.414. The highest BCUT2D eigenvalue weighted by Gasteiger charge is 2.60. The maximum Gasteiger partial charge on any atom is 0.459 e. The van der Waals surface area contributed by atoms with Gasteiger partial charge in [-0.25, -0.2) is 13.8 Å². The molecule has 1 aromatic heterocycles. The van der Waals surface area contributed by atoms with E-state index in [0.717, 1.165) is 31.4 Å². The summed E-state index contributed by atoms with van der Waals surface area (Å²) in [5, 5.41) is 1.87. The zero-order valence-corrected chi connectivity index (χ0v) is 17.1. The van der Waals surface area contributed by atoms with Crippen LogP contribution in [0.25, 0.3) is 5.69 Å². The number of carbonyl (C=O) groups excluding carboxylic acids is 1. The average molecular weight is 513 g/mol. The topological polar surface area (TPSA) is 65.4 Å². The smallest absolute Gasteiger partial charge is 0.459 e. The van der Waals surface area contributed by atoms with E-state index in [-0.39, 0.29) is 27.8 Å². The van der Waals surface area contributed by atoms with E-state index < -0.39 is 53.6 Å². The van der Waals surface area contributed by atoms with E-state index in [2.05, 4.69) is 14.5 Å². The number of aromatic nitrogens is 2. The van der Waals surface area contributed by atoms with E-state index in [1.54, 1.807) is 0 Å². The number of methoxy groups -OCH3 is 1. The van der Waals surface area contributed by atoms with Crippen molar-refractivity contribution in [2.24, 2.45) is 0 Å². The van der Waals surface area contributed by atoms with Crippen molar-refractivity contribution in [2.75, 3.05) is 12.4 Å². The molecule has 1 N–H and O–H groups in total. The monoisotopic (exact) mass is 513 g/mol. The second-order valence-electron chi connectivity index (χ2n) is 6.69. The van der Waals surface area contributed by atoms with Gasteiger partial charge in [0.15, 0.2) is 11.6 Å². The van der Waals surface area contributed by atoms with Crippen molar-refractivity contribution in [2.45, 2.75) is 18.7 Å². The van der Waals surface area contributed by atoms with E-state index in [1.165, 1.54) is 0 Å². The van der Waals surface area contributed by atoms with Crippen LogP contribution in [-0.4, -0.2) is 35.4 Å². The number of hydrogen-bond acceptors (Lipinski definition) is 4. The molecule has 3 rings (SSSR count).